The molecule has 28 heavy (non-hydrogen) atoms. The standard InChI is InChI=1S/C22H28O6/c1-11(10-27-12(2)23)13-8-14-15-9-16-21(3,4)6-5-7-22(16,20(26)28-15)17(14)19(25)18(13)24/h8,11,15-16,24-25H,5-7,9-10H2,1-4H3. The Bertz CT molecular complexity index is 857. The van der Waals surface area contributed by atoms with Gasteiger partial charge in [0.25, 0.3) is 0 Å². The number of phenolic OH excluding ortho intramolecular Hbond substituents is 2. The van der Waals surface area contributed by atoms with Gasteiger partial charge in [-0.15, -0.1) is 0 Å². The van der Waals surface area contributed by atoms with E-state index in [1.807, 2.05) is 13.0 Å². The van der Waals surface area contributed by atoms with Gasteiger partial charge >= 0.3 is 11.9 Å². The number of rotatable bonds is 3. The predicted molar refractivity (Wildman–Crippen MR) is 101 cm³/mol. The Morgan fingerprint density at radius 1 is 1.32 bits per heavy atom. The fourth-order valence-corrected chi connectivity index (χ4v) is 5.82. The van der Waals surface area contributed by atoms with Crippen LogP contribution >= 0.6 is 0 Å². The molecule has 0 aromatic heterocycles. The van der Waals surface area contributed by atoms with Gasteiger partial charge in [0.2, 0.25) is 0 Å². The van der Waals surface area contributed by atoms with Crippen LogP contribution in [0.2, 0.25) is 0 Å². The van der Waals surface area contributed by atoms with Crippen LogP contribution in [0.15, 0.2) is 6.07 Å². The summed E-state index contributed by atoms with van der Waals surface area (Å²) in [6.07, 6.45) is 2.83. The van der Waals surface area contributed by atoms with Crippen LogP contribution in [0.5, 0.6) is 11.5 Å². The van der Waals surface area contributed by atoms with Gasteiger partial charge in [0.15, 0.2) is 11.5 Å². The maximum absolute atomic E-state index is 13.0. The Balaban J connectivity index is 1.86. The molecule has 1 aromatic carbocycles. The van der Waals surface area contributed by atoms with Crippen molar-refractivity contribution in [1.82, 2.24) is 0 Å². The quantitative estimate of drug-likeness (QED) is 0.604. The molecule has 2 N–H and O–H groups in total. The Kier molecular flexibility index (Phi) is 4.18. The van der Waals surface area contributed by atoms with Crippen molar-refractivity contribution in [2.45, 2.75) is 70.8 Å². The van der Waals surface area contributed by atoms with Crippen LogP contribution in [0, 0.1) is 11.3 Å². The van der Waals surface area contributed by atoms with Crippen molar-refractivity contribution < 1.29 is 29.3 Å². The number of carbonyl (C=O) groups is 2. The predicted octanol–water partition coefficient (Wildman–Crippen LogP) is 3.83. The molecule has 6 nitrogen and oxygen atoms in total. The van der Waals surface area contributed by atoms with E-state index in [1.54, 1.807) is 0 Å². The maximum atomic E-state index is 13.0. The minimum Gasteiger partial charge on any atom is -0.504 e. The van der Waals surface area contributed by atoms with Gasteiger partial charge in [0.05, 0.1) is 6.61 Å². The highest BCUT2D eigenvalue weighted by Crippen LogP contribution is 2.66. The summed E-state index contributed by atoms with van der Waals surface area (Å²) in [4.78, 5) is 24.2. The minimum absolute atomic E-state index is 0.0447. The summed E-state index contributed by atoms with van der Waals surface area (Å²) in [6, 6.07) is 1.83. The SMILES string of the molecule is CC(=O)OCC(C)c1cc2c(c(O)c1O)C13CCCC(C)(C)C1CC2OC3=O. The number of carbonyl (C=O) groups excluding carboxylic acids is 2. The van der Waals surface area contributed by atoms with E-state index in [0.29, 0.717) is 17.5 Å². The van der Waals surface area contributed by atoms with Gasteiger partial charge in [-0.2, -0.15) is 0 Å². The molecule has 2 heterocycles. The lowest BCUT2D eigenvalue weighted by molar-refractivity contribution is -0.185. The van der Waals surface area contributed by atoms with Crippen molar-refractivity contribution in [2.75, 3.05) is 6.61 Å². The van der Waals surface area contributed by atoms with Crippen LogP contribution in [-0.4, -0.2) is 28.8 Å². The topological polar surface area (TPSA) is 93.1 Å². The van der Waals surface area contributed by atoms with E-state index >= 15 is 0 Å². The van der Waals surface area contributed by atoms with Crippen LogP contribution in [0.3, 0.4) is 0 Å². The van der Waals surface area contributed by atoms with Crippen molar-refractivity contribution in [3.8, 4) is 11.5 Å². The summed E-state index contributed by atoms with van der Waals surface area (Å²) in [5.41, 5.74) is 0.901. The molecule has 2 aliphatic carbocycles. The van der Waals surface area contributed by atoms with Gasteiger partial charge < -0.3 is 19.7 Å². The Morgan fingerprint density at radius 3 is 2.71 bits per heavy atom. The summed E-state index contributed by atoms with van der Waals surface area (Å²) in [5.74, 6) is -1.34. The Hall–Kier alpha value is -2.24. The van der Waals surface area contributed by atoms with Gasteiger partial charge in [-0.1, -0.05) is 27.2 Å². The van der Waals surface area contributed by atoms with Crippen LogP contribution in [0.4, 0.5) is 0 Å². The smallest absolute Gasteiger partial charge is 0.317 e. The summed E-state index contributed by atoms with van der Waals surface area (Å²) >= 11 is 0. The highest BCUT2D eigenvalue weighted by Gasteiger charge is 2.65. The van der Waals surface area contributed by atoms with Gasteiger partial charge in [0.1, 0.15) is 11.5 Å². The molecule has 1 saturated carbocycles. The van der Waals surface area contributed by atoms with Crippen molar-refractivity contribution in [2.24, 2.45) is 11.3 Å². The second-order valence-electron chi connectivity index (χ2n) is 9.33. The number of aromatic hydroxyl groups is 2. The average Bonchev–Trinajstić information content (AvgIpc) is 2.62. The van der Waals surface area contributed by atoms with Gasteiger partial charge in [-0.05, 0) is 36.7 Å². The fraction of sp³-hybridized carbons (Fsp3) is 0.636. The third kappa shape index (κ3) is 2.46. The Morgan fingerprint density at radius 2 is 2.04 bits per heavy atom. The Labute approximate surface area is 164 Å². The first-order chi connectivity index (χ1) is 13.1. The molecule has 2 bridgehead atoms. The molecule has 4 unspecified atom stereocenters. The molecule has 0 amide bonds. The average molecular weight is 388 g/mol. The normalized spacial score (nSPS) is 30.8. The number of esters is 2. The van der Waals surface area contributed by atoms with E-state index in [4.69, 9.17) is 9.47 Å². The van der Waals surface area contributed by atoms with Crippen molar-refractivity contribution >= 4 is 11.9 Å². The lowest BCUT2D eigenvalue weighted by Crippen LogP contribution is -2.59. The number of hydrogen-bond acceptors (Lipinski definition) is 6. The number of hydrogen-bond donors (Lipinski definition) is 2. The van der Waals surface area contributed by atoms with Crippen molar-refractivity contribution in [3.63, 3.8) is 0 Å². The zero-order valence-electron chi connectivity index (χ0n) is 16.9. The van der Waals surface area contributed by atoms with E-state index in [2.05, 4.69) is 13.8 Å². The molecule has 1 aromatic rings. The number of fused-ring (bicyclic) bond motifs is 1. The molecule has 1 saturated heterocycles. The number of phenols is 2. The zero-order valence-corrected chi connectivity index (χ0v) is 16.9. The first-order valence-corrected chi connectivity index (χ1v) is 10.0. The van der Waals surface area contributed by atoms with Crippen LogP contribution in [0.1, 0.15) is 82.1 Å². The molecule has 4 atom stereocenters. The molecule has 6 heteroatoms. The monoisotopic (exact) mass is 388 g/mol. The van der Waals surface area contributed by atoms with E-state index in [0.717, 1.165) is 24.8 Å². The fourth-order valence-electron chi connectivity index (χ4n) is 5.82. The van der Waals surface area contributed by atoms with E-state index < -0.39 is 17.5 Å². The van der Waals surface area contributed by atoms with Crippen LogP contribution in [-0.2, 0) is 24.5 Å². The van der Waals surface area contributed by atoms with Crippen molar-refractivity contribution in [1.29, 1.82) is 0 Å². The van der Waals surface area contributed by atoms with E-state index in [-0.39, 0.29) is 41.3 Å². The second-order valence-corrected chi connectivity index (χ2v) is 9.33. The molecule has 4 aliphatic rings. The summed E-state index contributed by atoms with van der Waals surface area (Å²) in [7, 11) is 0. The lowest BCUT2D eigenvalue weighted by Gasteiger charge is -2.58. The van der Waals surface area contributed by atoms with Crippen molar-refractivity contribution in [3.05, 3.63) is 22.8 Å². The number of ether oxygens (including phenoxy) is 2. The lowest BCUT2D eigenvalue weighted by atomic mass is 9.47. The zero-order chi connectivity index (χ0) is 20.4. The highest BCUT2D eigenvalue weighted by atomic mass is 16.5. The van der Waals surface area contributed by atoms with Crippen LogP contribution < -0.4 is 0 Å². The molecule has 2 fully saturated rings. The molecular weight excluding hydrogens is 360 g/mol. The van der Waals surface area contributed by atoms with E-state index in [9.17, 15) is 19.8 Å². The molecule has 5 rings (SSSR count). The summed E-state index contributed by atoms with van der Waals surface area (Å²) < 4.78 is 10.8. The summed E-state index contributed by atoms with van der Waals surface area (Å²) in [5, 5.41) is 21.8. The van der Waals surface area contributed by atoms with E-state index in [1.165, 1.54) is 6.92 Å². The molecular formula is C22H28O6. The first-order valence-electron chi connectivity index (χ1n) is 10.0. The second kappa shape index (κ2) is 6.13. The third-order valence-corrected chi connectivity index (χ3v) is 7.19. The summed E-state index contributed by atoms with van der Waals surface area (Å²) in [6.45, 7) is 7.62. The molecule has 1 spiro atoms. The van der Waals surface area contributed by atoms with Gasteiger partial charge in [0, 0.05) is 29.5 Å². The third-order valence-electron chi connectivity index (χ3n) is 7.19. The molecule has 0 radical (unpaired) electrons. The minimum atomic E-state index is -0.898. The largest absolute Gasteiger partial charge is 0.504 e. The molecule has 152 valence electrons. The number of benzene rings is 1. The maximum Gasteiger partial charge on any atom is 0.317 e. The van der Waals surface area contributed by atoms with Gasteiger partial charge in [-0.3, -0.25) is 9.59 Å². The first kappa shape index (κ1) is 19.1. The van der Waals surface area contributed by atoms with Crippen LogP contribution in [0.25, 0.3) is 0 Å². The molecule has 2 aliphatic heterocycles. The van der Waals surface area contributed by atoms with Gasteiger partial charge in [-0.25, -0.2) is 0 Å². The highest BCUT2D eigenvalue weighted by molar-refractivity contribution is 5.89.